The van der Waals surface area contributed by atoms with E-state index in [4.69, 9.17) is 0 Å². The summed E-state index contributed by atoms with van der Waals surface area (Å²) in [5.74, 6) is -0.182. The van der Waals surface area contributed by atoms with Gasteiger partial charge in [0.15, 0.2) is 0 Å². The highest BCUT2D eigenvalue weighted by Crippen LogP contribution is 2.26. The molecule has 2 aromatic rings. The zero-order valence-electron chi connectivity index (χ0n) is 8.43. The van der Waals surface area contributed by atoms with Crippen LogP contribution in [0.4, 0.5) is 5.69 Å². The predicted octanol–water partition coefficient (Wildman–Crippen LogP) is 4.55. The second-order valence-corrected chi connectivity index (χ2v) is 6.00. The molecule has 0 fully saturated rings. The van der Waals surface area contributed by atoms with Crippen LogP contribution in [0, 0.1) is 0 Å². The smallest absolute Gasteiger partial charge is 0.272 e. The van der Waals surface area contributed by atoms with Crippen molar-refractivity contribution in [3.63, 3.8) is 0 Å². The van der Waals surface area contributed by atoms with Gasteiger partial charge < -0.3 is 10.3 Å². The summed E-state index contributed by atoms with van der Waals surface area (Å²) >= 11 is 10.0. The van der Waals surface area contributed by atoms with Crippen molar-refractivity contribution < 1.29 is 4.79 Å². The minimum atomic E-state index is -0.182. The molecule has 0 aliphatic rings. The van der Waals surface area contributed by atoms with Crippen LogP contribution in [-0.2, 0) is 0 Å². The van der Waals surface area contributed by atoms with Gasteiger partial charge in [0, 0.05) is 19.6 Å². The molecule has 0 spiro atoms. The van der Waals surface area contributed by atoms with Crippen molar-refractivity contribution in [1.82, 2.24) is 4.98 Å². The molecule has 0 unspecified atom stereocenters. The van der Waals surface area contributed by atoms with E-state index < -0.39 is 0 Å². The maximum atomic E-state index is 11.9. The molecule has 0 saturated heterocycles. The lowest BCUT2D eigenvalue weighted by molar-refractivity contribution is 0.102. The molecule has 1 heterocycles. The minimum absolute atomic E-state index is 0.182. The summed E-state index contributed by atoms with van der Waals surface area (Å²) in [6, 6.07) is 7.29. The fraction of sp³-hybridized carbons (Fsp3) is 0. The van der Waals surface area contributed by atoms with Gasteiger partial charge in [-0.2, -0.15) is 0 Å². The number of nitrogens with one attached hydrogen (secondary N) is 2. The molecule has 0 bridgehead atoms. The normalized spacial score (nSPS) is 10.3. The number of hydrogen-bond acceptors (Lipinski definition) is 1. The molecule has 0 radical (unpaired) electrons. The molecular formula is C11H7Br3N2O. The van der Waals surface area contributed by atoms with Gasteiger partial charge in [0.25, 0.3) is 5.91 Å². The second kappa shape index (κ2) is 5.37. The summed E-state index contributed by atoms with van der Waals surface area (Å²) in [6.45, 7) is 0. The van der Waals surface area contributed by atoms with Gasteiger partial charge >= 0.3 is 0 Å². The van der Waals surface area contributed by atoms with E-state index >= 15 is 0 Å². The Morgan fingerprint density at radius 3 is 2.47 bits per heavy atom. The molecule has 0 saturated carbocycles. The van der Waals surface area contributed by atoms with Crippen molar-refractivity contribution in [3.05, 3.63) is 49.6 Å². The van der Waals surface area contributed by atoms with Crippen LogP contribution < -0.4 is 5.32 Å². The minimum Gasteiger partial charge on any atom is -0.356 e. The van der Waals surface area contributed by atoms with E-state index in [2.05, 4.69) is 58.1 Å². The van der Waals surface area contributed by atoms with Gasteiger partial charge in [0.05, 0.1) is 5.69 Å². The highest BCUT2D eigenvalue weighted by Gasteiger charge is 2.10. The van der Waals surface area contributed by atoms with Crippen molar-refractivity contribution in [2.45, 2.75) is 0 Å². The molecule has 0 aliphatic carbocycles. The molecule has 2 rings (SSSR count). The third-order valence-electron chi connectivity index (χ3n) is 2.07. The van der Waals surface area contributed by atoms with E-state index in [1.807, 2.05) is 18.2 Å². The Morgan fingerprint density at radius 1 is 1.12 bits per heavy atom. The number of amides is 1. The van der Waals surface area contributed by atoms with E-state index in [9.17, 15) is 4.79 Å². The van der Waals surface area contributed by atoms with Crippen LogP contribution in [0.2, 0.25) is 0 Å². The highest BCUT2D eigenvalue weighted by molar-refractivity contribution is 9.11. The molecule has 1 aromatic carbocycles. The zero-order chi connectivity index (χ0) is 12.4. The Morgan fingerprint density at radius 2 is 1.88 bits per heavy atom. The van der Waals surface area contributed by atoms with Crippen molar-refractivity contribution in [3.8, 4) is 0 Å². The van der Waals surface area contributed by atoms with Crippen LogP contribution >= 0.6 is 47.8 Å². The van der Waals surface area contributed by atoms with Crippen molar-refractivity contribution >= 4 is 59.4 Å². The second-order valence-electron chi connectivity index (χ2n) is 3.31. The first-order valence-electron chi connectivity index (χ1n) is 4.66. The molecule has 6 heteroatoms. The molecule has 3 nitrogen and oxygen atoms in total. The van der Waals surface area contributed by atoms with Crippen LogP contribution in [0.5, 0.6) is 0 Å². The van der Waals surface area contributed by atoms with Crippen LogP contribution in [0.25, 0.3) is 0 Å². The van der Waals surface area contributed by atoms with Gasteiger partial charge in [-0.1, -0.05) is 15.9 Å². The first kappa shape index (κ1) is 12.9. The van der Waals surface area contributed by atoms with Gasteiger partial charge in [0.1, 0.15) is 5.69 Å². The van der Waals surface area contributed by atoms with Crippen molar-refractivity contribution in [2.24, 2.45) is 0 Å². The Hall–Kier alpha value is -0.590. The topological polar surface area (TPSA) is 44.9 Å². The maximum Gasteiger partial charge on any atom is 0.272 e. The Balaban J connectivity index is 2.18. The lowest BCUT2D eigenvalue weighted by Crippen LogP contribution is -2.12. The Bertz CT molecular complexity index is 566. The van der Waals surface area contributed by atoms with E-state index in [0.29, 0.717) is 5.69 Å². The van der Waals surface area contributed by atoms with E-state index in [1.54, 1.807) is 12.3 Å². The summed E-state index contributed by atoms with van der Waals surface area (Å²) in [6.07, 6.45) is 1.71. The largest absolute Gasteiger partial charge is 0.356 e. The number of carbonyl (C=O) groups excluding carboxylic acids is 1. The molecule has 1 aromatic heterocycles. The number of benzene rings is 1. The third-order valence-corrected chi connectivity index (χ3v) is 3.68. The Labute approximate surface area is 123 Å². The van der Waals surface area contributed by atoms with Crippen LogP contribution in [0.15, 0.2) is 43.9 Å². The Kier molecular flexibility index (Phi) is 4.06. The number of rotatable bonds is 2. The lowest BCUT2D eigenvalue weighted by Gasteiger charge is -2.06. The van der Waals surface area contributed by atoms with Crippen LogP contribution in [-0.4, -0.2) is 10.9 Å². The van der Waals surface area contributed by atoms with Gasteiger partial charge in [0.2, 0.25) is 0 Å². The van der Waals surface area contributed by atoms with Gasteiger partial charge in [-0.05, 0) is 56.1 Å². The fourth-order valence-corrected chi connectivity index (χ4v) is 2.77. The maximum absolute atomic E-state index is 11.9. The summed E-state index contributed by atoms with van der Waals surface area (Å²) in [4.78, 5) is 14.7. The van der Waals surface area contributed by atoms with Crippen LogP contribution in [0.1, 0.15) is 10.5 Å². The monoisotopic (exact) mass is 420 g/mol. The summed E-state index contributed by atoms with van der Waals surface area (Å²) < 4.78 is 2.62. The molecule has 2 N–H and O–H groups in total. The van der Waals surface area contributed by atoms with Crippen molar-refractivity contribution in [1.29, 1.82) is 0 Å². The number of carbonyl (C=O) groups is 1. The summed E-state index contributed by atoms with van der Waals surface area (Å²) in [7, 11) is 0. The summed E-state index contributed by atoms with van der Waals surface area (Å²) in [5, 5.41) is 2.81. The van der Waals surface area contributed by atoms with Crippen molar-refractivity contribution in [2.75, 3.05) is 5.32 Å². The fourth-order valence-electron chi connectivity index (χ4n) is 1.28. The predicted molar refractivity (Wildman–Crippen MR) is 78.3 cm³/mol. The third kappa shape index (κ3) is 3.20. The average molecular weight is 423 g/mol. The molecule has 17 heavy (non-hydrogen) atoms. The van der Waals surface area contributed by atoms with E-state index in [1.165, 1.54) is 0 Å². The standard InChI is InChI=1S/C11H7Br3N2O/c12-6-1-2-9(8(14)3-6)16-11(17)10-4-7(13)5-15-10/h1-5,15H,(H,16,17). The van der Waals surface area contributed by atoms with Gasteiger partial charge in [-0.15, -0.1) is 0 Å². The quantitative estimate of drug-likeness (QED) is 0.732. The SMILES string of the molecule is O=C(Nc1ccc(Br)cc1Br)c1cc(Br)c[nH]1. The first-order valence-corrected chi connectivity index (χ1v) is 7.04. The number of aromatic amines is 1. The van der Waals surface area contributed by atoms with E-state index in [-0.39, 0.29) is 5.91 Å². The number of aromatic nitrogens is 1. The van der Waals surface area contributed by atoms with Crippen LogP contribution in [0.3, 0.4) is 0 Å². The zero-order valence-corrected chi connectivity index (χ0v) is 13.2. The molecule has 0 atom stereocenters. The molecule has 1 amide bonds. The first-order chi connectivity index (χ1) is 8.06. The van der Waals surface area contributed by atoms with E-state index in [0.717, 1.165) is 19.1 Å². The summed E-state index contributed by atoms with van der Waals surface area (Å²) in [5.41, 5.74) is 1.23. The van der Waals surface area contributed by atoms with Gasteiger partial charge in [-0.3, -0.25) is 4.79 Å². The molecule has 88 valence electrons. The van der Waals surface area contributed by atoms with Gasteiger partial charge in [-0.25, -0.2) is 0 Å². The average Bonchev–Trinajstić information content (AvgIpc) is 2.69. The lowest BCUT2D eigenvalue weighted by atomic mass is 10.3. The molecule has 0 aliphatic heterocycles. The highest BCUT2D eigenvalue weighted by atomic mass is 79.9. The molecular weight excluding hydrogens is 416 g/mol. The number of halogens is 3. The number of H-pyrrole nitrogens is 1. The number of anilines is 1. The number of hydrogen-bond donors (Lipinski definition) is 2.